The van der Waals surface area contributed by atoms with Crippen molar-refractivity contribution in [1.29, 1.82) is 5.26 Å². The molecule has 5 nitrogen and oxygen atoms in total. The molecule has 3 rings (SSSR count). The Hall–Kier alpha value is -2.68. The fourth-order valence-electron chi connectivity index (χ4n) is 3.42. The summed E-state index contributed by atoms with van der Waals surface area (Å²) in [7, 11) is 0. The average molecular weight is 362 g/mol. The normalized spacial score (nSPS) is 17.7. The molecule has 0 spiro atoms. The molecular weight excluding hydrogens is 336 g/mol. The highest BCUT2D eigenvalue weighted by atomic mass is 16.2. The number of amides is 1. The molecule has 0 aliphatic carbocycles. The van der Waals surface area contributed by atoms with Gasteiger partial charge in [-0.1, -0.05) is 48.9 Å². The van der Waals surface area contributed by atoms with Crippen molar-refractivity contribution in [2.24, 2.45) is 5.73 Å². The number of rotatable bonds is 6. The minimum Gasteiger partial charge on any atom is -0.339 e. The number of hydrogen-bond acceptors (Lipinski definition) is 4. The van der Waals surface area contributed by atoms with Crippen molar-refractivity contribution in [3.63, 3.8) is 0 Å². The van der Waals surface area contributed by atoms with Crippen molar-refractivity contribution in [2.45, 2.75) is 44.3 Å². The van der Waals surface area contributed by atoms with Gasteiger partial charge in [0.2, 0.25) is 5.91 Å². The number of benzene rings is 2. The lowest BCUT2D eigenvalue weighted by Crippen LogP contribution is -2.49. The maximum absolute atomic E-state index is 12.3. The molecule has 0 radical (unpaired) electrons. The van der Waals surface area contributed by atoms with Crippen LogP contribution >= 0.6 is 0 Å². The number of piperidine rings is 1. The van der Waals surface area contributed by atoms with Crippen LogP contribution in [-0.2, 0) is 17.8 Å². The van der Waals surface area contributed by atoms with Crippen LogP contribution in [0.3, 0.4) is 0 Å². The van der Waals surface area contributed by atoms with Crippen molar-refractivity contribution in [1.82, 2.24) is 10.6 Å². The first-order valence-corrected chi connectivity index (χ1v) is 9.51. The molecule has 2 aromatic rings. The van der Waals surface area contributed by atoms with Gasteiger partial charge in [-0.2, -0.15) is 5.26 Å². The van der Waals surface area contributed by atoms with Gasteiger partial charge in [0.25, 0.3) is 0 Å². The molecule has 4 N–H and O–H groups in total. The molecule has 1 aliphatic rings. The Morgan fingerprint density at radius 3 is 2.67 bits per heavy atom. The third kappa shape index (κ3) is 5.16. The minimum atomic E-state index is -0.521. The number of nitriles is 1. The minimum absolute atomic E-state index is 0.0727. The fraction of sp³-hybridized carbons (Fsp3) is 0.364. The van der Waals surface area contributed by atoms with Gasteiger partial charge in [-0.3, -0.25) is 4.79 Å². The van der Waals surface area contributed by atoms with Crippen LogP contribution in [0.25, 0.3) is 11.1 Å². The van der Waals surface area contributed by atoms with Gasteiger partial charge in [0, 0.05) is 13.0 Å². The number of nitrogens with zero attached hydrogens (tertiary/aromatic N) is 1. The summed E-state index contributed by atoms with van der Waals surface area (Å²) in [5, 5.41) is 15.5. The zero-order valence-electron chi connectivity index (χ0n) is 15.4. The molecule has 1 saturated heterocycles. The third-order valence-electron chi connectivity index (χ3n) is 4.99. The Kier molecular flexibility index (Phi) is 6.59. The van der Waals surface area contributed by atoms with Crippen molar-refractivity contribution in [3.05, 3.63) is 59.7 Å². The molecule has 1 amide bonds. The van der Waals surface area contributed by atoms with E-state index in [1.165, 1.54) is 0 Å². The van der Waals surface area contributed by atoms with E-state index in [0.717, 1.165) is 48.1 Å². The molecule has 140 valence electrons. The number of carbonyl (C=O) groups is 1. The highest BCUT2D eigenvalue weighted by Gasteiger charge is 2.22. The summed E-state index contributed by atoms with van der Waals surface area (Å²) < 4.78 is 0. The van der Waals surface area contributed by atoms with E-state index in [9.17, 15) is 10.1 Å². The van der Waals surface area contributed by atoms with E-state index in [-0.39, 0.29) is 11.9 Å². The summed E-state index contributed by atoms with van der Waals surface area (Å²) in [6, 6.07) is 17.8. The molecular formula is C22H26N4O. The van der Waals surface area contributed by atoms with Crippen molar-refractivity contribution in [3.8, 4) is 17.2 Å². The van der Waals surface area contributed by atoms with Crippen LogP contribution in [0.15, 0.2) is 48.5 Å². The first-order valence-electron chi connectivity index (χ1n) is 9.51. The lowest BCUT2D eigenvalue weighted by atomic mass is 9.99. The first kappa shape index (κ1) is 19.1. The summed E-state index contributed by atoms with van der Waals surface area (Å²) in [6.07, 6.45) is 3.49. The molecule has 27 heavy (non-hydrogen) atoms. The Labute approximate surface area is 160 Å². The summed E-state index contributed by atoms with van der Waals surface area (Å²) in [5.41, 5.74) is 10.1. The van der Waals surface area contributed by atoms with Crippen LogP contribution in [-0.4, -0.2) is 24.5 Å². The van der Waals surface area contributed by atoms with E-state index in [4.69, 9.17) is 5.73 Å². The molecule has 1 heterocycles. The molecule has 2 atom stereocenters. The Bertz CT molecular complexity index is 804. The second kappa shape index (κ2) is 9.31. The van der Waals surface area contributed by atoms with Crippen LogP contribution in [0.5, 0.6) is 0 Å². The zero-order valence-corrected chi connectivity index (χ0v) is 15.4. The van der Waals surface area contributed by atoms with E-state index in [0.29, 0.717) is 13.0 Å². The SMILES string of the molecule is N#C[C@H](Cc1ccc(-c2cccc(CN)c2)cc1)NC(=O)[C@@H]1CCCCN1. The summed E-state index contributed by atoms with van der Waals surface area (Å²) in [4.78, 5) is 12.3. The molecule has 5 heteroatoms. The van der Waals surface area contributed by atoms with Gasteiger partial charge in [-0.25, -0.2) is 0 Å². The van der Waals surface area contributed by atoms with E-state index in [1.54, 1.807) is 0 Å². The summed E-state index contributed by atoms with van der Waals surface area (Å²) >= 11 is 0. The van der Waals surface area contributed by atoms with Crippen LogP contribution in [0.2, 0.25) is 0 Å². The van der Waals surface area contributed by atoms with Crippen LogP contribution in [0.1, 0.15) is 30.4 Å². The highest BCUT2D eigenvalue weighted by molar-refractivity contribution is 5.82. The van der Waals surface area contributed by atoms with Crippen LogP contribution in [0.4, 0.5) is 0 Å². The molecule has 0 saturated carbocycles. The number of hydrogen-bond donors (Lipinski definition) is 3. The monoisotopic (exact) mass is 362 g/mol. The topological polar surface area (TPSA) is 90.9 Å². The smallest absolute Gasteiger partial charge is 0.238 e. The van der Waals surface area contributed by atoms with E-state index in [2.05, 4.69) is 28.8 Å². The predicted octanol–water partition coefficient (Wildman–Crippen LogP) is 2.51. The zero-order chi connectivity index (χ0) is 19.1. The van der Waals surface area contributed by atoms with Gasteiger partial charge in [0.05, 0.1) is 12.1 Å². The maximum atomic E-state index is 12.3. The largest absolute Gasteiger partial charge is 0.339 e. The van der Waals surface area contributed by atoms with E-state index in [1.807, 2.05) is 36.4 Å². The maximum Gasteiger partial charge on any atom is 0.238 e. The van der Waals surface area contributed by atoms with Gasteiger partial charge in [0.1, 0.15) is 6.04 Å². The second-order valence-electron chi connectivity index (χ2n) is 7.00. The lowest BCUT2D eigenvalue weighted by Gasteiger charge is -2.23. The van der Waals surface area contributed by atoms with Gasteiger partial charge in [0.15, 0.2) is 0 Å². The van der Waals surface area contributed by atoms with Crippen molar-refractivity contribution in [2.75, 3.05) is 6.54 Å². The Morgan fingerprint density at radius 2 is 2.00 bits per heavy atom. The second-order valence-corrected chi connectivity index (χ2v) is 7.00. The molecule has 0 unspecified atom stereocenters. The summed E-state index contributed by atoms with van der Waals surface area (Å²) in [5.74, 6) is -0.0727. The quantitative estimate of drug-likeness (QED) is 0.736. The highest BCUT2D eigenvalue weighted by Crippen LogP contribution is 2.21. The van der Waals surface area contributed by atoms with Crippen LogP contribution in [0, 0.1) is 11.3 Å². The predicted molar refractivity (Wildman–Crippen MR) is 107 cm³/mol. The van der Waals surface area contributed by atoms with Crippen molar-refractivity contribution < 1.29 is 4.79 Å². The van der Waals surface area contributed by atoms with Gasteiger partial charge < -0.3 is 16.4 Å². The Morgan fingerprint density at radius 1 is 1.19 bits per heavy atom. The van der Waals surface area contributed by atoms with Gasteiger partial charge >= 0.3 is 0 Å². The van der Waals surface area contributed by atoms with E-state index >= 15 is 0 Å². The molecule has 0 bridgehead atoms. The van der Waals surface area contributed by atoms with E-state index < -0.39 is 6.04 Å². The molecule has 1 aliphatic heterocycles. The molecule has 2 aromatic carbocycles. The van der Waals surface area contributed by atoms with Crippen LogP contribution < -0.4 is 16.4 Å². The molecule has 0 aromatic heterocycles. The number of carbonyl (C=O) groups excluding carboxylic acids is 1. The third-order valence-corrected chi connectivity index (χ3v) is 4.99. The number of nitrogens with one attached hydrogen (secondary N) is 2. The number of nitrogens with two attached hydrogens (primary N) is 1. The molecule has 1 fully saturated rings. The fourth-order valence-corrected chi connectivity index (χ4v) is 3.42. The standard InChI is InChI=1S/C22H26N4O/c23-14-17-4-3-5-19(12-17)18-9-7-16(8-10-18)13-20(15-24)26-22(27)21-6-1-2-11-25-21/h3-5,7-10,12,20-21,25H,1-2,6,11,13-14,23H2,(H,26,27)/t20-,21-/m0/s1. The average Bonchev–Trinajstić information content (AvgIpc) is 2.74. The lowest BCUT2D eigenvalue weighted by molar-refractivity contribution is -0.124. The summed E-state index contributed by atoms with van der Waals surface area (Å²) in [6.45, 7) is 1.38. The van der Waals surface area contributed by atoms with Crippen molar-refractivity contribution >= 4 is 5.91 Å². The first-order chi connectivity index (χ1) is 13.2. The van der Waals surface area contributed by atoms with Gasteiger partial charge in [-0.15, -0.1) is 0 Å². The Balaban J connectivity index is 1.62. The van der Waals surface area contributed by atoms with Gasteiger partial charge in [-0.05, 0) is 47.7 Å².